The van der Waals surface area contributed by atoms with Crippen LogP contribution in [0.3, 0.4) is 0 Å². The lowest BCUT2D eigenvalue weighted by Crippen LogP contribution is -1.98. The van der Waals surface area contributed by atoms with Gasteiger partial charge in [0, 0.05) is 11.1 Å². The normalized spacial score (nSPS) is 10.7. The lowest BCUT2D eigenvalue weighted by Gasteiger charge is -2.08. The molecule has 5 heteroatoms. The number of nitrogens with zero attached hydrogens (tertiary/aromatic N) is 1. The largest absolute Gasteiger partial charge is 0.399 e. The highest BCUT2D eigenvalue weighted by Gasteiger charge is 2.08. The first-order valence-electron chi connectivity index (χ1n) is 6.01. The van der Waals surface area contributed by atoms with E-state index in [2.05, 4.69) is 10.3 Å². The molecule has 100 valence electrons. The van der Waals surface area contributed by atoms with E-state index in [0.29, 0.717) is 11.5 Å². The maximum Gasteiger partial charge on any atom is 0.182 e. The number of hydrogen-bond donors (Lipinski definition) is 2. The third-order valence-corrected chi connectivity index (χ3v) is 2.93. The van der Waals surface area contributed by atoms with Crippen LogP contribution in [0.25, 0.3) is 10.9 Å². The molecule has 0 unspecified atom stereocenters. The number of benzene rings is 2. The zero-order valence-electron chi connectivity index (χ0n) is 10.4. The lowest BCUT2D eigenvalue weighted by molar-refractivity contribution is 0.511. The number of nitrogens with two attached hydrogens (primary N) is 1. The lowest BCUT2D eigenvalue weighted by atomic mass is 10.2. The molecular formula is C15H11F2N3. The van der Waals surface area contributed by atoms with Gasteiger partial charge in [-0.2, -0.15) is 0 Å². The molecule has 3 aromatic rings. The van der Waals surface area contributed by atoms with Crippen molar-refractivity contribution < 1.29 is 8.78 Å². The van der Waals surface area contributed by atoms with Gasteiger partial charge in [0.05, 0.1) is 11.2 Å². The predicted octanol–water partition coefficient (Wildman–Crippen LogP) is 3.84. The first-order chi connectivity index (χ1) is 9.63. The zero-order valence-corrected chi connectivity index (χ0v) is 10.4. The number of fused-ring (bicyclic) bond motifs is 1. The quantitative estimate of drug-likeness (QED) is 0.696. The number of pyridine rings is 1. The summed E-state index contributed by atoms with van der Waals surface area (Å²) in [5.74, 6) is -1.39. The van der Waals surface area contributed by atoms with Crippen LogP contribution in [0.2, 0.25) is 0 Å². The van der Waals surface area contributed by atoms with Gasteiger partial charge < -0.3 is 11.1 Å². The van der Waals surface area contributed by atoms with Gasteiger partial charge in [-0.05, 0) is 42.5 Å². The molecule has 3 rings (SSSR count). The maximum atomic E-state index is 13.6. The standard InChI is InChI=1S/C15H11F2N3/c16-11-2-1-3-13(15(11)17)20-14-7-4-9-8-10(18)5-6-12(9)19-14/h1-8H,18H2,(H,19,20). The number of rotatable bonds is 2. The summed E-state index contributed by atoms with van der Waals surface area (Å²) >= 11 is 0. The van der Waals surface area contributed by atoms with Gasteiger partial charge in [0.15, 0.2) is 11.6 Å². The summed E-state index contributed by atoms with van der Waals surface area (Å²) in [5.41, 5.74) is 7.11. The van der Waals surface area contributed by atoms with Crippen molar-refractivity contribution in [3.63, 3.8) is 0 Å². The molecule has 3 N–H and O–H groups in total. The molecule has 20 heavy (non-hydrogen) atoms. The summed E-state index contributed by atoms with van der Waals surface area (Å²) in [4.78, 5) is 4.33. The van der Waals surface area contributed by atoms with Gasteiger partial charge in [0.25, 0.3) is 0 Å². The van der Waals surface area contributed by atoms with Crippen molar-refractivity contribution in [3.05, 3.63) is 60.2 Å². The van der Waals surface area contributed by atoms with E-state index >= 15 is 0 Å². The fourth-order valence-electron chi connectivity index (χ4n) is 1.95. The molecule has 0 saturated carbocycles. The Kier molecular flexibility index (Phi) is 2.95. The minimum atomic E-state index is -0.924. The van der Waals surface area contributed by atoms with E-state index in [-0.39, 0.29) is 5.69 Å². The second kappa shape index (κ2) is 4.77. The van der Waals surface area contributed by atoms with E-state index in [4.69, 9.17) is 5.73 Å². The Morgan fingerprint density at radius 3 is 2.70 bits per heavy atom. The number of aromatic nitrogens is 1. The number of nitrogen functional groups attached to an aromatic ring is 1. The van der Waals surface area contributed by atoms with Gasteiger partial charge in [-0.1, -0.05) is 6.07 Å². The van der Waals surface area contributed by atoms with E-state index in [0.717, 1.165) is 17.0 Å². The molecule has 2 aromatic carbocycles. The molecule has 1 aromatic heterocycles. The maximum absolute atomic E-state index is 13.6. The fourth-order valence-corrected chi connectivity index (χ4v) is 1.95. The molecule has 0 saturated heterocycles. The first kappa shape index (κ1) is 12.3. The van der Waals surface area contributed by atoms with Crippen molar-refractivity contribution in [2.75, 3.05) is 11.1 Å². The van der Waals surface area contributed by atoms with Crippen LogP contribution in [0.15, 0.2) is 48.5 Å². The zero-order chi connectivity index (χ0) is 14.1. The minimum Gasteiger partial charge on any atom is -0.399 e. The van der Waals surface area contributed by atoms with Gasteiger partial charge >= 0.3 is 0 Å². The Hall–Kier alpha value is -2.69. The fraction of sp³-hybridized carbons (Fsp3) is 0. The van der Waals surface area contributed by atoms with Crippen molar-refractivity contribution in [1.82, 2.24) is 4.98 Å². The molecule has 0 fully saturated rings. The molecule has 0 atom stereocenters. The topological polar surface area (TPSA) is 50.9 Å². The molecule has 0 bridgehead atoms. The van der Waals surface area contributed by atoms with Crippen LogP contribution >= 0.6 is 0 Å². The van der Waals surface area contributed by atoms with Crippen molar-refractivity contribution >= 4 is 28.1 Å². The number of hydrogen-bond acceptors (Lipinski definition) is 3. The summed E-state index contributed by atoms with van der Waals surface area (Å²) < 4.78 is 26.7. The van der Waals surface area contributed by atoms with Crippen LogP contribution in [0, 0.1) is 11.6 Å². The Balaban J connectivity index is 1.99. The van der Waals surface area contributed by atoms with E-state index in [1.54, 1.807) is 24.3 Å². The van der Waals surface area contributed by atoms with E-state index in [9.17, 15) is 8.78 Å². The summed E-state index contributed by atoms with van der Waals surface area (Å²) in [6.45, 7) is 0. The molecule has 0 amide bonds. The van der Waals surface area contributed by atoms with Crippen LogP contribution in [-0.4, -0.2) is 4.98 Å². The van der Waals surface area contributed by atoms with Crippen molar-refractivity contribution in [2.45, 2.75) is 0 Å². The molecule has 0 aliphatic rings. The van der Waals surface area contributed by atoms with Gasteiger partial charge in [-0.3, -0.25) is 0 Å². The number of anilines is 3. The highest BCUT2D eigenvalue weighted by atomic mass is 19.2. The molecule has 0 spiro atoms. The smallest absolute Gasteiger partial charge is 0.182 e. The molecule has 0 aliphatic carbocycles. The number of halogens is 2. The Morgan fingerprint density at radius 1 is 1.00 bits per heavy atom. The van der Waals surface area contributed by atoms with Crippen LogP contribution in [0.4, 0.5) is 26.0 Å². The van der Waals surface area contributed by atoms with E-state index in [1.165, 1.54) is 12.1 Å². The average molecular weight is 271 g/mol. The van der Waals surface area contributed by atoms with Gasteiger partial charge in [0.2, 0.25) is 0 Å². The SMILES string of the molecule is Nc1ccc2nc(Nc3cccc(F)c3F)ccc2c1. The third-order valence-electron chi connectivity index (χ3n) is 2.93. The predicted molar refractivity (Wildman–Crippen MR) is 75.8 cm³/mol. The highest BCUT2D eigenvalue weighted by molar-refractivity contribution is 5.83. The Bertz CT molecular complexity index is 787. The van der Waals surface area contributed by atoms with Gasteiger partial charge in [-0.25, -0.2) is 13.8 Å². The second-order valence-corrected chi connectivity index (χ2v) is 4.38. The van der Waals surface area contributed by atoms with Gasteiger partial charge in [0.1, 0.15) is 5.82 Å². The highest BCUT2D eigenvalue weighted by Crippen LogP contribution is 2.23. The monoisotopic (exact) mass is 271 g/mol. The molecule has 3 nitrogen and oxygen atoms in total. The Morgan fingerprint density at radius 2 is 1.85 bits per heavy atom. The molecular weight excluding hydrogens is 260 g/mol. The van der Waals surface area contributed by atoms with E-state index < -0.39 is 11.6 Å². The van der Waals surface area contributed by atoms with Crippen LogP contribution < -0.4 is 11.1 Å². The first-order valence-corrected chi connectivity index (χ1v) is 6.01. The average Bonchev–Trinajstić information content (AvgIpc) is 2.44. The van der Waals surface area contributed by atoms with Crippen LogP contribution in [0.5, 0.6) is 0 Å². The summed E-state index contributed by atoms with van der Waals surface area (Å²) in [6, 6.07) is 12.8. The molecule has 0 radical (unpaired) electrons. The van der Waals surface area contributed by atoms with Crippen LogP contribution in [-0.2, 0) is 0 Å². The Labute approximate surface area is 114 Å². The number of nitrogens with one attached hydrogen (secondary N) is 1. The van der Waals surface area contributed by atoms with Crippen molar-refractivity contribution in [3.8, 4) is 0 Å². The van der Waals surface area contributed by atoms with Gasteiger partial charge in [-0.15, -0.1) is 0 Å². The summed E-state index contributed by atoms with van der Waals surface area (Å²) in [6.07, 6.45) is 0. The third kappa shape index (κ3) is 2.25. The van der Waals surface area contributed by atoms with Crippen molar-refractivity contribution in [2.24, 2.45) is 0 Å². The summed E-state index contributed by atoms with van der Waals surface area (Å²) in [5, 5.41) is 3.65. The van der Waals surface area contributed by atoms with E-state index in [1.807, 2.05) is 6.07 Å². The molecule has 0 aliphatic heterocycles. The van der Waals surface area contributed by atoms with Crippen LogP contribution in [0.1, 0.15) is 0 Å². The summed E-state index contributed by atoms with van der Waals surface area (Å²) in [7, 11) is 0. The minimum absolute atomic E-state index is 0.0484. The second-order valence-electron chi connectivity index (χ2n) is 4.38. The van der Waals surface area contributed by atoms with Crippen molar-refractivity contribution in [1.29, 1.82) is 0 Å². The molecule has 1 heterocycles.